The van der Waals surface area contributed by atoms with Crippen LogP contribution in [0, 0.1) is 0 Å². The van der Waals surface area contributed by atoms with Crippen LogP contribution in [-0.2, 0) is 6.54 Å². The van der Waals surface area contributed by atoms with Gasteiger partial charge in [-0.1, -0.05) is 6.92 Å². The summed E-state index contributed by atoms with van der Waals surface area (Å²) in [6.45, 7) is 3.97. The summed E-state index contributed by atoms with van der Waals surface area (Å²) in [7, 11) is 0. The van der Waals surface area contributed by atoms with Crippen molar-refractivity contribution in [3.05, 3.63) is 23.6 Å². The Hall–Kier alpha value is -1.38. The van der Waals surface area contributed by atoms with Crippen LogP contribution in [0.5, 0.6) is 0 Å². The maximum atomic E-state index is 4.64. The van der Waals surface area contributed by atoms with Crippen molar-refractivity contribution < 1.29 is 0 Å². The zero-order valence-electron chi connectivity index (χ0n) is 10.5. The van der Waals surface area contributed by atoms with Gasteiger partial charge < -0.3 is 5.32 Å². The van der Waals surface area contributed by atoms with Crippen molar-refractivity contribution in [3.8, 4) is 0 Å². The molecule has 2 N–H and O–H groups in total. The Balaban J connectivity index is 1.88. The Kier molecular flexibility index (Phi) is 3.81. The summed E-state index contributed by atoms with van der Waals surface area (Å²) in [5.41, 5.74) is 1.17. The molecule has 3 rings (SSSR count). The second-order valence-electron chi connectivity index (χ2n) is 3.99. The summed E-state index contributed by atoms with van der Waals surface area (Å²) in [4.78, 5) is 9.79. The molecule has 0 aliphatic rings. The topological polar surface area (TPSA) is 70.9 Å². The zero-order valence-corrected chi connectivity index (χ0v) is 12.1. The fraction of sp³-hybridized carbons (Fsp3) is 0.364. The number of nitrogens with one attached hydrogen (secondary N) is 2. The van der Waals surface area contributed by atoms with Crippen molar-refractivity contribution >= 4 is 28.1 Å². The zero-order chi connectivity index (χ0) is 13.1. The highest BCUT2D eigenvalue weighted by Crippen LogP contribution is 2.29. The second kappa shape index (κ2) is 5.72. The number of fused-ring (bicyclic) bond motifs is 1. The van der Waals surface area contributed by atoms with Gasteiger partial charge in [0.25, 0.3) is 0 Å². The molecule has 6 nitrogen and oxygen atoms in total. The predicted molar refractivity (Wildman–Crippen MR) is 75.6 cm³/mol. The van der Waals surface area contributed by atoms with E-state index in [1.54, 1.807) is 11.3 Å². The Morgan fingerprint density at radius 1 is 1.53 bits per heavy atom. The minimum absolute atomic E-state index is 0.766. The minimum Gasteiger partial charge on any atom is -0.311 e. The number of H-pyrrole nitrogens is 1. The molecule has 0 fully saturated rings. The van der Waals surface area contributed by atoms with Crippen molar-refractivity contribution in [2.45, 2.75) is 30.1 Å². The van der Waals surface area contributed by atoms with E-state index in [1.165, 1.54) is 23.8 Å². The number of hydrogen-bond donors (Lipinski definition) is 2. The summed E-state index contributed by atoms with van der Waals surface area (Å²) < 4.78 is 2.13. The quantitative estimate of drug-likeness (QED) is 0.682. The van der Waals surface area contributed by atoms with Gasteiger partial charge in [0, 0.05) is 18.1 Å². The molecule has 0 atom stereocenters. The van der Waals surface area contributed by atoms with Crippen LogP contribution in [0.15, 0.2) is 28.1 Å². The maximum Gasteiger partial charge on any atom is 0.194 e. The molecule has 0 bridgehead atoms. The number of aromatic amines is 1. The van der Waals surface area contributed by atoms with Gasteiger partial charge >= 0.3 is 0 Å². The highest BCUT2D eigenvalue weighted by molar-refractivity contribution is 7.99. The van der Waals surface area contributed by atoms with Crippen molar-refractivity contribution in [1.29, 1.82) is 0 Å². The van der Waals surface area contributed by atoms with Crippen molar-refractivity contribution in [1.82, 2.24) is 29.9 Å². The molecule has 3 heterocycles. The first-order valence-corrected chi connectivity index (χ1v) is 7.76. The van der Waals surface area contributed by atoms with Crippen molar-refractivity contribution in [3.63, 3.8) is 0 Å². The number of imidazole rings is 1. The van der Waals surface area contributed by atoms with E-state index < -0.39 is 0 Å². The first-order valence-electron chi connectivity index (χ1n) is 6.07. The molecule has 8 heteroatoms. The average Bonchev–Trinajstić information content (AvgIpc) is 3.09. The molecule has 3 aromatic heterocycles. The lowest BCUT2D eigenvalue weighted by molar-refractivity contribution is 0.653. The van der Waals surface area contributed by atoms with Gasteiger partial charge in [0.05, 0.1) is 5.69 Å². The van der Waals surface area contributed by atoms with E-state index >= 15 is 0 Å². The first-order chi connectivity index (χ1) is 9.38. The smallest absolute Gasteiger partial charge is 0.194 e. The molecule has 0 aromatic carbocycles. The van der Waals surface area contributed by atoms with Crippen molar-refractivity contribution in [2.75, 3.05) is 6.54 Å². The average molecular weight is 294 g/mol. The van der Waals surface area contributed by atoms with E-state index in [9.17, 15) is 0 Å². The third kappa shape index (κ3) is 2.65. The van der Waals surface area contributed by atoms with Crippen LogP contribution in [-0.4, -0.2) is 31.1 Å². The van der Waals surface area contributed by atoms with Crippen LogP contribution in [0.25, 0.3) is 4.96 Å². The molecular formula is C11H14N6S2. The molecule has 0 amide bonds. The number of rotatable bonds is 6. The molecule has 0 aliphatic carbocycles. The number of nitrogens with zero attached hydrogens (tertiary/aromatic N) is 4. The third-order valence-electron chi connectivity index (χ3n) is 2.63. The van der Waals surface area contributed by atoms with Crippen LogP contribution in [0.2, 0.25) is 0 Å². The van der Waals surface area contributed by atoms with Gasteiger partial charge in [0.2, 0.25) is 0 Å². The van der Waals surface area contributed by atoms with Crippen LogP contribution in [0.4, 0.5) is 0 Å². The number of aromatic nitrogens is 5. The van der Waals surface area contributed by atoms with Gasteiger partial charge in [-0.25, -0.2) is 9.97 Å². The molecule has 0 radical (unpaired) electrons. The summed E-state index contributed by atoms with van der Waals surface area (Å²) in [6.07, 6.45) is 4.69. The fourth-order valence-electron chi connectivity index (χ4n) is 1.77. The van der Waals surface area contributed by atoms with E-state index in [0.717, 1.165) is 34.7 Å². The van der Waals surface area contributed by atoms with Gasteiger partial charge in [-0.2, -0.15) is 5.10 Å². The van der Waals surface area contributed by atoms with Crippen LogP contribution in [0.1, 0.15) is 19.0 Å². The van der Waals surface area contributed by atoms with E-state index in [0.29, 0.717) is 0 Å². The summed E-state index contributed by atoms with van der Waals surface area (Å²) >= 11 is 3.15. The molecule has 0 spiro atoms. The highest BCUT2D eigenvalue weighted by atomic mass is 32.2. The monoisotopic (exact) mass is 294 g/mol. The minimum atomic E-state index is 0.766. The van der Waals surface area contributed by atoms with Gasteiger partial charge in [0.1, 0.15) is 11.4 Å². The van der Waals surface area contributed by atoms with Gasteiger partial charge in [-0.3, -0.25) is 9.50 Å². The molecule has 0 saturated heterocycles. The van der Waals surface area contributed by atoms with E-state index in [-0.39, 0.29) is 0 Å². The lowest BCUT2D eigenvalue weighted by Crippen LogP contribution is -2.15. The van der Waals surface area contributed by atoms with E-state index in [1.807, 2.05) is 0 Å². The SMILES string of the molecule is CCCNCc1c(Sc2ncn[nH]2)nc2sccn12. The summed E-state index contributed by atoms with van der Waals surface area (Å²) in [6, 6.07) is 0. The summed E-state index contributed by atoms with van der Waals surface area (Å²) in [5, 5.41) is 13.9. The van der Waals surface area contributed by atoms with Crippen LogP contribution in [0.3, 0.4) is 0 Å². The standard InChI is InChI=1S/C11H14N6S2/c1-2-3-12-6-8-9(19-10-13-7-14-16-10)15-11-17(8)4-5-18-11/h4-5,7,12H,2-3,6H2,1H3,(H,13,14,16). The molecular weight excluding hydrogens is 280 g/mol. The van der Waals surface area contributed by atoms with E-state index in [4.69, 9.17) is 0 Å². The lowest BCUT2D eigenvalue weighted by Gasteiger charge is -2.04. The Bertz CT molecular complexity index is 641. The Morgan fingerprint density at radius 2 is 2.47 bits per heavy atom. The van der Waals surface area contributed by atoms with Gasteiger partial charge in [-0.05, 0) is 24.7 Å². The normalized spacial score (nSPS) is 11.4. The molecule has 3 aromatic rings. The lowest BCUT2D eigenvalue weighted by atomic mass is 10.4. The molecule has 0 saturated carbocycles. The van der Waals surface area contributed by atoms with E-state index in [2.05, 4.69) is 48.4 Å². The summed E-state index contributed by atoms with van der Waals surface area (Å²) in [5.74, 6) is 0. The first kappa shape index (κ1) is 12.6. The Morgan fingerprint density at radius 3 is 3.26 bits per heavy atom. The van der Waals surface area contributed by atoms with Gasteiger partial charge in [0.15, 0.2) is 10.1 Å². The number of hydrogen-bond acceptors (Lipinski definition) is 6. The highest BCUT2D eigenvalue weighted by Gasteiger charge is 2.15. The third-order valence-corrected chi connectivity index (χ3v) is 4.30. The number of thiazole rings is 1. The van der Waals surface area contributed by atoms with Gasteiger partial charge in [-0.15, -0.1) is 11.3 Å². The molecule has 100 valence electrons. The maximum absolute atomic E-state index is 4.64. The predicted octanol–water partition coefficient (Wildman–Crippen LogP) is 2.16. The van der Waals surface area contributed by atoms with Crippen LogP contribution >= 0.6 is 23.1 Å². The molecule has 0 aliphatic heterocycles. The molecule has 19 heavy (non-hydrogen) atoms. The fourth-order valence-corrected chi connectivity index (χ4v) is 3.37. The molecule has 0 unspecified atom stereocenters. The van der Waals surface area contributed by atoms with Crippen molar-refractivity contribution in [2.24, 2.45) is 0 Å². The van der Waals surface area contributed by atoms with Crippen LogP contribution < -0.4 is 5.32 Å². The second-order valence-corrected chi connectivity index (χ2v) is 5.84. The largest absolute Gasteiger partial charge is 0.311 e. The Labute approximate surface area is 118 Å².